The van der Waals surface area contributed by atoms with Crippen molar-refractivity contribution >= 4 is 17.5 Å². The second kappa shape index (κ2) is 7.35. The second-order valence-electron chi connectivity index (χ2n) is 5.17. The predicted octanol–water partition coefficient (Wildman–Crippen LogP) is 1.68. The fourth-order valence-corrected chi connectivity index (χ4v) is 2.78. The molecule has 1 atom stereocenters. The van der Waals surface area contributed by atoms with Gasteiger partial charge in [-0.15, -0.1) is 0 Å². The number of nitrogens with two attached hydrogens (primary N) is 1. The number of amides is 2. The number of rotatable bonds is 3. The summed E-state index contributed by atoms with van der Waals surface area (Å²) in [6.45, 7) is -0.470. The minimum atomic E-state index is -1.23. The van der Waals surface area contributed by atoms with Crippen LogP contribution in [0, 0.1) is 17.5 Å². The number of carbonyl (C=O) groups excluding carboxylic acids is 2. The van der Waals surface area contributed by atoms with Crippen molar-refractivity contribution in [2.24, 2.45) is 5.73 Å². The molecule has 2 aromatic rings. The van der Waals surface area contributed by atoms with E-state index in [0.717, 1.165) is 24.1 Å². The number of fused-ring (bicyclic) bond motifs is 1. The summed E-state index contributed by atoms with van der Waals surface area (Å²) >= 11 is 0. The molecule has 25 heavy (non-hydrogen) atoms. The molecule has 0 spiro atoms. The van der Waals surface area contributed by atoms with E-state index in [-0.39, 0.29) is 16.8 Å². The maximum Gasteiger partial charge on any atom is 0.239 e. The molecule has 5 nitrogen and oxygen atoms in total. The largest absolute Gasteiger partial charge is 0.400 e. The SMILES string of the molecule is CO.NC(=O)CN1C(=O)C(c2cccc(F)c2)c2c1ccc(F)c2F. The predicted molar refractivity (Wildman–Crippen MR) is 84.3 cm³/mol. The summed E-state index contributed by atoms with van der Waals surface area (Å²) in [5.74, 6) is -5.61. The van der Waals surface area contributed by atoms with Gasteiger partial charge >= 0.3 is 0 Å². The third-order valence-corrected chi connectivity index (χ3v) is 3.70. The third kappa shape index (κ3) is 3.34. The Morgan fingerprint density at radius 2 is 1.88 bits per heavy atom. The number of nitrogens with zero attached hydrogens (tertiary/aromatic N) is 1. The van der Waals surface area contributed by atoms with E-state index < -0.39 is 41.7 Å². The molecule has 0 aromatic heterocycles. The average molecular weight is 352 g/mol. The van der Waals surface area contributed by atoms with Crippen LogP contribution in [0.4, 0.5) is 18.9 Å². The molecule has 1 aliphatic rings. The Kier molecular flexibility index (Phi) is 5.43. The van der Waals surface area contributed by atoms with Gasteiger partial charge in [-0.2, -0.15) is 0 Å². The molecule has 0 bridgehead atoms. The zero-order chi connectivity index (χ0) is 18.7. The van der Waals surface area contributed by atoms with Gasteiger partial charge in [0.25, 0.3) is 0 Å². The van der Waals surface area contributed by atoms with Crippen molar-refractivity contribution in [2.75, 3.05) is 18.6 Å². The molecule has 0 saturated carbocycles. The second-order valence-corrected chi connectivity index (χ2v) is 5.17. The normalized spacial score (nSPS) is 15.5. The lowest BCUT2D eigenvalue weighted by Gasteiger charge is -2.15. The zero-order valence-corrected chi connectivity index (χ0v) is 13.2. The molecule has 132 valence electrons. The summed E-state index contributed by atoms with van der Waals surface area (Å²) in [4.78, 5) is 24.7. The topological polar surface area (TPSA) is 83.6 Å². The first-order chi connectivity index (χ1) is 11.9. The number of anilines is 1. The standard InChI is InChI=1S/C16H11F3N2O2.CH4O/c17-9-3-1-2-8(6-9)13-14-11(5-4-10(18)15(14)19)21(16(13)23)7-12(20)22;1-2/h1-6,13H,7H2,(H2,20,22);2H,1H3. The maximum atomic E-state index is 14.3. The van der Waals surface area contributed by atoms with E-state index in [0.29, 0.717) is 0 Å². The molecule has 8 heteroatoms. The van der Waals surface area contributed by atoms with Crippen LogP contribution in [0.25, 0.3) is 0 Å². The Hall–Kier alpha value is -2.87. The van der Waals surface area contributed by atoms with Gasteiger partial charge in [-0.05, 0) is 29.8 Å². The van der Waals surface area contributed by atoms with E-state index in [1.54, 1.807) is 0 Å². The molecule has 1 heterocycles. The lowest BCUT2D eigenvalue weighted by Crippen LogP contribution is -2.37. The van der Waals surface area contributed by atoms with Gasteiger partial charge in [0.05, 0.1) is 11.6 Å². The van der Waals surface area contributed by atoms with Crippen molar-refractivity contribution in [3.05, 3.63) is 65.0 Å². The highest BCUT2D eigenvalue weighted by molar-refractivity contribution is 6.09. The van der Waals surface area contributed by atoms with Gasteiger partial charge in [0.15, 0.2) is 11.6 Å². The van der Waals surface area contributed by atoms with Gasteiger partial charge in [-0.25, -0.2) is 13.2 Å². The van der Waals surface area contributed by atoms with Crippen LogP contribution in [-0.2, 0) is 9.59 Å². The third-order valence-electron chi connectivity index (χ3n) is 3.70. The lowest BCUT2D eigenvalue weighted by atomic mass is 9.92. The number of benzene rings is 2. The monoisotopic (exact) mass is 352 g/mol. The van der Waals surface area contributed by atoms with Crippen LogP contribution in [0.15, 0.2) is 36.4 Å². The molecule has 1 unspecified atom stereocenters. The van der Waals surface area contributed by atoms with E-state index in [2.05, 4.69) is 0 Å². The van der Waals surface area contributed by atoms with E-state index >= 15 is 0 Å². The average Bonchev–Trinajstić information content (AvgIpc) is 2.85. The molecule has 1 aliphatic heterocycles. The van der Waals surface area contributed by atoms with Crippen LogP contribution >= 0.6 is 0 Å². The molecular formula is C17H15F3N2O3. The van der Waals surface area contributed by atoms with E-state index in [1.165, 1.54) is 24.3 Å². The van der Waals surface area contributed by atoms with Crippen molar-refractivity contribution in [2.45, 2.75) is 5.92 Å². The Morgan fingerprint density at radius 3 is 2.48 bits per heavy atom. The first kappa shape index (κ1) is 18.5. The molecule has 3 rings (SSSR count). The highest BCUT2D eigenvalue weighted by Gasteiger charge is 2.42. The number of hydrogen-bond acceptors (Lipinski definition) is 3. The first-order valence-electron chi connectivity index (χ1n) is 7.18. The summed E-state index contributed by atoms with van der Waals surface area (Å²) < 4.78 is 41.3. The molecule has 3 N–H and O–H groups in total. The number of aliphatic hydroxyl groups excluding tert-OH is 1. The van der Waals surface area contributed by atoms with Crippen LogP contribution in [0.3, 0.4) is 0 Å². The van der Waals surface area contributed by atoms with Gasteiger partial charge in [0, 0.05) is 12.7 Å². The summed E-state index contributed by atoms with van der Waals surface area (Å²) in [5, 5.41) is 7.00. The highest BCUT2D eigenvalue weighted by atomic mass is 19.2. The molecule has 0 saturated heterocycles. The van der Waals surface area contributed by atoms with E-state index in [4.69, 9.17) is 10.8 Å². The molecule has 0 radical (unpaired) electrons. The fraction of sp³-hybridized carbons (Fsp3) is 0.176. The number of carbonyl (C=O) groups is 2. The van der Waals surface area contributed by atoms with Gasteiger partial charge in [-0.3, -0.25) is 9.59 Å². The van der Waals surface area contributed by atoms with Crippen molar-refractivity contribution in [1.29, 1.82) is 0 Å². The van der Waals surface area contributed by atoms with Gasteiger partial charge < -0.3 is 15.7 Å². The molecule has 0 aliphatic carbocycles. The molecule has 2 amide bonds. The van der Waals surface area contributed by atoms with E-state index in [9.17, 15) is 22.8 Å². The number of hydrogen-bond donors (Lipinski definition) is 2. The van der Waals surface area contributed by atoms with Crippen LogP contribution in [0.5, 0.6) is 0 Å². The van der Waals surface area contributed by atoms with E-state index in [1.807, 2.05) is 0 Å². The summed E-state index contributed by atoms with van der Waals surface area (Å²) in [6.07, 6.45) is 0. The van der Waals surface area contributed by atoms with Crippen molar-refractivity contribution < 1.29 is 27.9 Å². The summed E-state index contributed by atoms with van der Waals surface area (Å²) in [7, 11) is 1.00. The number of primary amides is 1. The molecule has 0 fully saturated rings. The van der Waals surface area contributed by atoms with Crippen molar-refractivity contribution in [3.63, 3.8) is 0 Å². The summed E-state index contributed by atoms with van der Waals surface area (Å²) in [5.41, 5.74) is 5.12. The van der Waals surface area contributed by atoms with Gasteiger partial charge in [0.1, 0.15) is 12.4 Å². The Labute approximate surface area is 141 Å². The van der Waals surface area contributed by atoms with Crippen LogP contribution < -0.4 is 10.6 Å². The zero-order valence-electron chi connectivity index (χ0n) is 13.2. The van der Waals surface area contributed by atoms with Crippen LogP contribution in [0.2, 0.25) is 0 Å². The number of aliphatic hydroxyl groups is 1. The van der Waals surface area contributed by atoms with Gasteiger partial charge in [-0.1, -0.05) is 12.1 Å². The quantitative estimate of drug-likeness (QED) is 0.882. The van der Waals surface area contributed by atoms with Crippen molar-refractivity contribution in [1.82, 2.24) is 0 Å². The lowest BCUT2D eigenvalue weighted by molar-refractivity contribution is -0.122. The smallest absolute Gasteiger partial charge is 0.239 e. The van der Waals surface area contributed by atoms with Crippen LogP contribution in [0.1, 0.15) is 17.0 Å². The minimum absolute atomic E-state index is 0.0574. The first-order valence-corrected chi connectivity index (χ1v) is 7.18. The minimum Gasteiger partial charge on any atom is -0.400 e. The highest BCUT2D eigenvalue weighted by Crippen LogP contribution is 2.43. The number of halogens is 3. The molecule has 2 aromatic carbocycles. The Morgan fingerprint density at radius 1 is 1.20 bits per heavy atom. The Bertz CT molecular complexity index is 827. The summed E-state index contributed by atoms with van der Waals surface area (Å²) in [6, 6.07) is 7.12. The molecular weight excluding hydrogens is 337 g/mol. The Balaban J connectivity index is 0.00000109. The maximum absolute atomic E-state index is 14.3. The fourth-order valence-electron chi connectivity index (χ4n) is 2.78. The van der Waals surface area contributed by atoms with Crippen molar-refractivity contribution in [3.8, 4) is 0 Å². The van der Waals surface area contributed by atoms with Crippen LogP contribution in [-0.4, -0.2) is 30.6 Å². The van der Waals surface area contributed by atoms with Gasteiger partial charge in [0.2, 0.25) is 11.8 Å².